The normalized spacial score (nSPS) is 10.5. The number of nitrogens with zero attached hydrogens (tertiary/aromatic N) is 1. The van der Waals surface area contributed by atoms with Crippen molar-refractivity contribution in [3.05, 3.63) is 83.9 Å². The number of hydrogen-bond acceptors (Lipinski definition) is 1. The minimum atomic E-state index is 0.945. The minimum absolute atomic E-state index is 0.945. The molecule has 0 saturated heterocycles. The first kappa shape index (κ1) is 14.3. The Morgan fingerprint density at radius 1 is 0.750 bits per heavy atom. The summed E-state index contributed by atoms with van der Waals surface area (Å²) in [6.07, 6.45) is 3.74. The second-order valence-corrected chi connectivity index (χ2v) is 5.06. The lowest BCUT2D eigenvalue weighted by Crippen LogP contribution is -2.17. The highest BCUT2D eigenvalue weighted by atomic mass is 15.1. The Bertz CT molecular complexity index is 510. The molecule has 0 atom stereocenters. The van der Waals surface area contributed by atoms with Crippen molar-refractivity contribution in [2.75, 3.05) is 7.05 Å². The van der Waals surface area contributed by atoms with Crippen LogP contribution in [0.5, 0.6) is 0 Å². The van der Waals surface area contributed by atoms with Crippen molar-refractivity contribution in [2.45, 2.75) is 13.1 Å². The fourth-order valence-corrected chi connectivity index (χ4v) is 2.20. The molecule has 0 bridgehead atoms. The molecule has 1 heteroatoms. The SMILES string of the molecule is C=Cc1ccc(CN(C)Cc2ccc(C=C)cc2)cc1. The van der Waals surface area contributed by atoms with Gasteiger partial charge in [-0.25, -0.2) is 0 Å². The zero-order valence-corrected chi connectivity index (χ0v) is 12.0. The second kappa shape index (κ2) is 6.88. The van der Waals surface area contributed by atoms with Crippen LogP contribution in [-0.4, -0.2) is 11.9 Å². The van der Waals surface area contributed by atoms with Gasteiger partial charge in [-0.1, -0.05) is 73.8 Å². The molecule has 2 rings (SSSR count). The van der Waals surface area contributed by atoms with Crippen molar-refractivity contribution in [1.82, 2.24) is 4.90 Å². The molecular formula is C19H21N. The smallest absolute Gasteiger partial charge is 0.0234 e. The van der Waals surface area contributed by atoms with E-state index in [1.165, 1.54) is 11.1 Å². The number of benzene rings is 2. The molecule has 0 saturated carbocycles. The van der Waals surface area contributed by atoms with E-state index in [-0.39, 0.29) is 0 Å². The third kappa shape index (κ3) is 3.94. The Morgan fingerprint density at radius 3 is 1.40 bits per heavy atom. The summed E-state index contributed by atoms with van der Waals surface area (Å²) in [6.45, 7) is 9.44. The van der Waals surface area contributed by atoms with Crippen molar-refractivity contribution >= 4 is 12.2 Å². The molecule has 2 aromatic carbocycles. The average molecular weight is 263 g/mol. The van der Waals surface area contributed by atoms with Crippen molar-refractivity contribution in [3.8, 4) is 0 Å². The van der Waals surface area contributed by atoms with Crippen LogP contribution in [0.3, 0.4) is 0 Å². The van der Waals surface area contributed by atoms with Gasteiger partial charge < -0.3 is 0 Å². The second-order valence-electron chi connectivity index (χ2n) is 5.06. The summed E-state index contributed by atoms with van der Waals surface area (Å²) < 4.78 is 0. The predicted octanol–water partition coefficient (Wildman–Crippen LogP) is 4.60. The number of rotatable bonds is 6. The van der Waals surface area contributed by atoms with E-state index < -0.39 is 0 Å². The lowest BCUT2D eigenvalue weighted by atomic mass is 10.1. The van der Waals surface area contributed by atoms with E-state index in [1.54, 1.807) is 0 Å². The monoisotopic (exact) mass is 263 g/mol. The van der Waals surface area contributed by atoms with Crippen LogP contribution in [0.1, 0.15) is 22.3 Å². The van der Waals surface area contributed by atoms with E-state index in [9.17, 15) is 0 Å². The van der Waals surface area contributed by atoms with Gasteiger partial charge in [-0.2, -0.15) is 0 Å². The summed E-state index contributed by atoms with van der Waals surface area (Å²) in [5.41, 5.74) is 4.97. The van der Waals surface area contributed by atoms with Crippen molar-refractivity contribution in [3.63, 3.8) is 0 Å². The van der Waals surface area contributed by atoms with E-state index in [4.69, 9.17) is 0 Å². The van der Waals surface area contributed by atoms with Gasteiger partial charge in [0.05, 0.1) is 0 Å². The maximum atomic E-state index is 3.77. The highest BCUT2D eigenvalue weighted by Crippen LogP contribution is 2.11. The molecule has 0 radical (unpaired) electrons. The highest BCUT2D eigenvalue weighted by Gasteiger charge is 2.02. The van der Waals surface area contributed by atoms with Crippen LogP contribution in [0.15, 0.2) is 61.7 Å². The van der Waals surface area contributed by atoms with Gasteiger partial charge in [0.1, 0.15) is 0 Å². The van der Waals surface area contributed by atoms with Crippen molar-refractivity contribution in [1.29, 1.82) is 0 Å². The maximum Gasteiger partial charge on any atom is 0.0234 e. The first-order chi connectivity index (χ1) is 9.71. The third-order valence-electron chi connectivity index (χ3n) is 3.34. The van der Waals surface area contributed by atoms with Crippen LogP contribution >= 0.6 is 0 Å². The molecule has 2 aromatic rings. The van der Waals surface area contributed by atoms with Crippen LogP contribution in [-0.2, 0) is 13.1 Å². The van der Waals surface area contributed by atoms with Crippen LogP contribution in [0.4, 0.5) is 0 Å². The molecule has 0 aliphatic rings. The largest absolute Gasteiger partial charge is 0.298 e. The molecule has 20 heavy (non-hydrogen) atoms. The first-order valence-electron chi connectivity index (χ1n) is 6.82. The van der Waals surface area contributed by atoms with Gasteiger partial charge in [0.2, 0.25) is 0 Å². The summed E-state index contributed by atoms with van der Waals surface area (Å²) in [5, 5.41) is 0. The van der Waals surface area contributed by atoms with Gasteiger partial charge in [-0.15, -0.1) is 0 Å². The van der Waals surface area contributed by atoms with E-state index in [0.717, 1.165) is 24.2 Å². The molecule has 0 heterocycles. The predicted molar refractivity (Wildman–Crippen MR) is 88.2 cm³/mol. The molecule has 0 amide bonds. The molecule has 0 spiro atoms. The van der Waals surface area contributed by atoms with Gasteiger partial charge >= 0.3 is 0 Å². The van der Waals surface area contributed by atoms with Gasteiger partial charge in [0, 0.05) is 13.1 Å². The minimum Gasteiger partial charge on any atom is -0.298 e. The lowest BCUT2D eigenvalue weighted by Gasteiger charge is -2.17. The molecule has 0 aliphatic carbocycles. The summed E-state index contributed by atoms with van der Waals surface area (Å²) >= 11 is 0. The van der Waals surface area contributed by atoms with E-state index in [1.807, 2.05) is 12.2 Å². The highest BCUT2D eigenvalue weighted by molar-refractivity contribution is 5.47. The van der Waals surface area contributed by atoms with Crippen molar-refractivity contribution < 1.29 is 0 Å². The van der Waals surface area contributed by atoms with E-state index in [0.29, 0.717) is 0 Å². The molecular weight excluding hydrogens is 242 g/mol. The molecule has 1 nitrogen and oxygen atoms in total. The summed E-state index contributed by atoms with van der Waals surface area (Å²) in [4.78, 5) is 2.31. The van der Waals surface area contributed by atoms with Gasteiger partial charge in [0.15, 0.2) is 0 Å². The lowest BCUT2D eigenvalue weighted by molar-refractivity contribution is 0.319. The number of hydrogen-bond donors (Lipinski definition) is 0. The Balaban J connectivity index is 1.94. The van der Waals surface area contributed by atoms with Crippen LogP contribution in [0.2, 0.25) is 0 Å². The molecule has 0 N–H and O–H groups in total. The first-order valence-corrected chi connectivity index (χ1v) is 6.82. The summed E-state index contributed by atoms with van der Waals surface area (Å²) in [6, 6.07) is 17.1. The quantitative estimate of drug-likeness (QED) is 0.736. The van der Waals surface area contributed by atoms with E-state index in [2.05, 4.69) is 73.6 Å². The molecule has 0 unspecified atom stereocenters. The van der Waals surface area contributed by atoms with Crippen LogP contribution in [0, 0.1) is 0 Å². The summed E-state index contributed by atoms with van der Waals surface area (Å²) in [5.74, 6) is 0. The fraction of sp³-hybridized carbons (Fsp3) is 0.158. The molecule has 0 aliphatic heterocycles. The Labute approximate surface area is 121 Å². The Morgan fingerprint density at radius 2 is 1.10 bits per heavy atom. The molecule has 0 fully saturated rings. The van der Waals surface area contributed by atoms with Crippen molar-refractivity contribution in [2.24, 2.45) is 0 Å². The average Bonchev–Trinajstić information content (AvgIpc) is 2.49. The third-order valence-corrected chi connectivity index (χ3v) is 3.34. The maximum absolute atomic E-state index is 3.77. The van der Waals surface area contributed by atoms with Gasteiger partial charge in [-0.3, -0.25) is 4.90 Å². The van der Waals surface area contributed by atoms with Gasteiger partial charge in [0.25, 0.3) is 0 Å². The van der Waals surface area contributed by atoms with Gasteiger partial charge in [-0.05, 0) is 29.3 Å². The fourth-order valence-electron chi connectivity index (χ4n) is 2.20. The molecule has 102 valence electrons. The Hall–Kier alpha value is -2.12. The standard InChI is InChI=1S/C19H21N/c1-4-16-6-10-18(11-7-16)14-20(3)15-19-12-8-17(5-2)9-13-19/h4-13H,1-2,14-15H2,3H3. The molecule has 0 aromatic heterocycles. The summed E-state index contributed by atoms with van der Waals surface area (Å²) in [7, 11) is 2.14. The van der Waals surface area contributed by atoms with Crippen LogP contribution < -0.4 is 0 Å². The topological polar surface area (TPSA) is 3.24 Å². The zero-order chi connectivity index (χ0) is 14.4. The Kier molecular flexibility index (Phi) is 4.91. The van der Waals surface area contributed by atoms with Crippen LogP contribution in [0.25, 0.3) is 12.2 Å². The van der Waals surface area contributed by atoms with E-state index >= 15 is 0 Å². The zero-order valence-electron chi connectivity index (χ0n) is 12.0.